The molecule has 1 aromatic carbocycles. The van der Waals surface area contributed by atoms with Crippen LogP contribution in [0.25, 0.3) is 0 Å². The molecule has 1 heterocycles. The number of likely N-dealkylation sites (N-methyl/N-ethyl adjacent to an activating group) is 1. The fourth-order valence-electron chi connectivity index (χ4n) is 2.08. The van der Waals surface area contributed by atoms with Crippen LogP contribution in [0, 0.1) is 6.92 Å². The summed E-state index contributed by atoms with van der Waals surface area (Å²) in [6.45, 7) is 5.04. The van der Waals surface area contributed by atoms with Crippen LogP contribution in [-0.4, -0.2) is 11.5 Å². The highest BCUT2D eigenvalue weighted by atomic mass is 35.5. The fraction of sp³-hybridized carbons (Fsp3) is 0.357. The third kappa shape index (κ3) is 3.48. The molecule has 2 nitrogen and oxygen atoms in total. The van der Waals surface area contributed by atoms with Gasteiger partial charge in [0.25, 0.3) is 0 Å². The zero-order valence-corrected chi connectivity index (χ0v) is 13.2. The molecule has 0 bridgehead atoms. The second-order valence-electron chi connectivity index (χ2n) is 4.33. The van der Waals surface area contributed by atoms with Crippen molar-refractivity contribution < 1.29 is 0 Å². The van der Waals surface area contributed by atoms with Gasteiger partial charge in [0.2, 0.25) is 0 Å². The molecule has 1 unspecified atom stereocenters. The smallest absolute Gasteiger partial charge is 0.0798 e. The van der Waals surface area contributed by atoms with Gasteiger partial charge in [-0.25, -0.2) is 4.98 Å². The van der Waals surface area contributed by atoms with E-state index in [0.717, 1.165) is 24.2 Å². The van der Waals surface area contributed by atoms with E-state index in [4.69, 9.17) is 23.2 Å². The molecule has 1 aromatic heterocycles. The van der Waals surface area contributed by atoms with Crippen LogP contribution >= 0.6 is 34.5 Å². The second kappa shape index (κ2) is 6.71. The van der Waals surface area contributed by atoms with Crippen molar-refractivity contribution in [1.29, 1.82) is 0 Å². The Bertz CT molecular complexity index is 554. The van der Waals surface area contributed by atoms with Crippen molar-refractivity contribution in [3.05, 3.63) is 49.9 Å². The maximum absolute atomic E-state index is 6.27. The summed E-state index contributed by atoms with van der Waals surface area (Å²) in [5.41, 5.74) is 4.02. The molecule has 1 N–H and O–H groups in total. The second-order valence-corrected chi connectivity index (χ2v) is 6.00. The molecular formula is C14H16Cl2N2S. The van der Waals surface area contributed by atoms with Crippen molar-refractivity contribution in [2.75, 3.05) is 6.54 Å². The number of aromatic nitrogens is 1. The largest absolute Gasteiger partial charge is 0.309 e. The van der Waals surface area contributed by atoms with Gasteiger partial charge in [0.15, 0.2) is 0 Å². The standard InChI is InChI=1S/C14H16Cl2N2S/c1-3-17-12(14-9(2)18-8-19-14)7-10-5-4-6-11(15)13(10)16/h4-6,8,12,17H,3,7H2,1-2H3. The van der Waals surface area contributed by atoms with E-state index in [0.29, 0.717) is 10.0 Å². The first-order valence-electron chi connectivity index (χ1n) is 6.19. The fourth-order valence-corrected chi connectivity index (χ4v) is 3.35. The highest BCUT2D eigenvalue weighted by Gasteiger charge is 2.17. The average Bonchev–Trinajstić information content (AvgIpc) is 2.80. The summed E-state index contributed by atoms with van der Waals surface area (Å²) >= 11 is 14.0. The summed E-state index contributed by atoms with van der Waals surface area (Å²) in [6, 6.07) is 6.00. The number of nitrogens with one attached hydrogen (secondary N) is 1. The Morgan fingerprint density at radius 3 is 2.79 bits per heavy atom. The highest BCUT2D eigenvalue weighted by Crippen LogP contribution is 2.31. The predicted molar refractivity (Wildman–Crippen MR) is 83.4 cm³/mol. The number of aryl methyl sites for hydroxylation is 1. The molecule has 102 valence electrons. The Hall–Kier alpha value is -0.610. The zero-order valence-electron chi connectivity index (χ0n) is 10.9. The molecule has 0 aliphatic heterocycles. The summed E-state index contributed by atoms with van der Waals surface area (Å²) < 4.78 is 0. The molecule has 2 aromatic rings. The Morgan fingerprint density at radius 2 is 2.16 bits per heavy atom. The minimum Gasteiger partial charge on any atom is -0.309 e. The summed E-state index contributed by atoms with van der Waals surface area (Å²) in [7, 11) is 0. The number of hydrogen-bond donors (Lipinski definition) is 1. The number of thiazole rings is 1. The van der Waals surface area contributed by atoms with Crippen LogP contribution in [0.1, 0.15) is 29.1 Å². The predicted octanol–water partition coefficient (Wildman–Crippen LogP) is 4.65. The van der Waals surface area contributed by atoms with Gasteiger partial charge in [0, 0.05) is 10.9 Å². The molecular weight excluding hydrogens is 299 g/mol. The normalized spacial score (nSPS) is 12.6. The molecule has 0 amide bonds. The van der Waals surface area contributed by atoms with Crippen molar-refractivity contribution in [2.45, 2.75) is 26.3 Å². The lowest BCUT2D eigenvalue weighted by Gasteiger charge is -2.18. The van der Waals surface area contributed by atoms with E-state index >= 15 is 0 Å². The van der Waals surface area contributed by atoms with E-state index in [1.165, 1.54) is 4.88 Å². The lowest BCUT2D eigenvalue weighted by Crippen LogP contribution is -2.23. The zero-order chi connectivity index (χ0) is 13.8. The number of benzene rings is 1. The molecule has 0 saturated heterocycles. The highest BCUT2D eigenvalue weighted by molar-refractivity contribution is 7.09. The van der Waals surface area contributed by atoms with Crippen molar-refractivity contribution in [2.24, 2.45) is 0 Å². The van der Waals surface area contributed by atoms with E-state index in [9.17, 15) is 0 Å². The van der Waals surface area contributed by atoms with Gasteiger partial charge >= 0.3 is 0 Å². The summed E-state index contributed by atoms with van der Waals surface area (Å²) in [5.74, 6) is 0. The summed E-state index contributed by atoms with van der Waals surface area (Å²) in [5, 5.41) is 4.74. The Balaban J connectivity index is 2.27. The van der Waals surface area contributed by atoms with Crippen molar-refractivity contribution in [3.63, 3.8) is 0 Å². The van der Waals surface area contributed by atoms with E-state index in [1.54, 1.807) is 11.3 Å². The SMILES string of the molecule is CCNC(Cc1cccc(Cl)c1Cl)c1scnc1C. The third-order valence-electron chi connectivity index (χ3n) is 3.01. The molecule has 0 radical (unpaired) electrons. The van der Waals surface area contributed by atoms with Crippen LogP contribution in [0.3, 0.4) is 0 Å². The quantitative estimate of drug-likeness (QED) is 0.868. The van der Waals surface area contributed by atoms with Gasteiger partial charge in [0.1, 0.15) is 0 Å². The Morgan fingerprint density at radius 1 is 1.37 bits per heavy atom. The lowest BCUT2D eigenvalue weighted by atomic mass is 10.0. The summed E-state index contributed by atoms with van der Waals surface area (Å²) in [4.78, 5) is 5.58. The van der Waals surface area contributed by atoms with Gasteiger partial charge in [-0.15, -0.1) is 11.3 Å². The molecule has 0 aliphatic carbocycles. The van der Waals surface area contributed by atoms with Crippen LogP contribution in [0.5, 0.6) is 0 Å². The maximum Gasteiger partial charge on any atom is 0.0798 e. The minimum absolute atomic E-state index is 0.230. The van der Waals surface area contributed by atoms with E-state index in [-0.39, 0.29) is 6.04 Å². The monoisotopic (exact) mass is 314 g/mol. The third-order valence-corrected chi connectivity index (χ3v) is 4.91. The molecule has 19 heavy (non-hydrogen) atoms. The van der Waals surface area contributed by atoms with E-state index < -0.39 is 0 Å². The Labute approximate surface area is 127 Å². The van der Waals surface area contributed by atoms with Crippen molar-refractivity contribution in [3.8, 4) is 0 Å². The van der Waals surface area contributed by atoms with Gasteiger partial charge in [-0.2, -0.15) is 0 Å². The molecule has 0 aliphatic rings. The van der Waals surface area contributed by atoms with Crippen LogP contribution in [-0.2, 0) is 6.42 Å². The van der Waals surface area contributed by atoms with E-state index in [1.807, 2.05) is 30.6 Å². The number of rotatable bonds is 5. The Kier molecular flexibility index (Phi) is 5.22. The van der Waals surface area contributed by atoms with Crippen molar-refractivity contribution >= 4 is 34.5 Å². The van der Waals surface area contributed by atoms with Gasteiger partial charge in [-0.1, -0.05) is 42.3 Å². The van der Waals surface area contributed by atoms with Crippen LogP contribution < -0.4 is 5.32 Å². The van der Waals surface area contributed by atoms with E-state index in [2.05, 4.69) is 17.2 Å². The first-order chi connectivity index (χ1) is 9.13. The van der Waals surface area contributed by atoms with Crippen molar-refractivity contribution in [1.82, 2.24) is 10.3 Å². The minimum atomic E-state index is 0.230. The van der Waals surface area contributed by atoms with Crippen LogP contribution in [0.15, 0.2) is 23.7 Å². The number of hydrogen-bond acceptors (Lipinski definition) is 3. The summed E-state index contributed by atoms with van der Waals surface area (Å²) in [6.07, 6.45) is 0.816. The van der Waals surface area contributed by atoms with Gasteiger partial charge in [-0.3, -0.25) is 0 Å². The molecule has 1 atom stereocenters. The van der Waals surface area contributed by atoms with Crippen LogP contribution in [0.4, 0.5) is 0 Å². The van der Waals surface area contributed by atoms with Gasteiger partial charge in [-0.05, 0) is 31.5 Å². The lowest BCUT2D eigenvalue weighted by molar-refractivity contribution is 0.555. The first-order valence-corrected chi connectivity index (χ1v) is 7.83. The van der Waals surface area contributed by atoms with Gasteiger partial charge < -0.3 is 5.32 Å². The molecule has 5 heteroatoms. The first kappa shape index (κ1) is 14.8. The van der Waals surface area contributed by atoms with Crippen LogP contribution in [0.2, 0.25) is 10.0 Å². The number of nitrogens with zero attached hydrogens (tertiary/aromatic N) is 1. The molecule has 0 fully saturated rings. The topological polar surface area (TPSA) is 24.9 Å². The number of halogens is 2. The maximum atomic E-state index is 6.27. The molecule has 2 rings (SSSR count). The average molecular weight is 315 g/mol. The molecule has 0 saturated carbocycles. The van der Waals surface area contributed by atoms with Gasteiger partial charge in [0.05, 0.1) is 21.2 Å². The molecule has 0 spiro atoms.